The van der Waals surface area contributed by atoms with Gasteiger partial charge in [0, 0.05) is 65.8 Å². The molecular formula is C22H30F4IN5OS. The Labute approximate surface area is 213 Å². The molecule has 0 radical (unpaired) electrons. The number of rotatable bonds is 6. The summed E-state index contributed by atoms with van der Waals surface area (Å²) < 4.78 is 52.7. The van der Waals surface area contributed by atoms with Crippen LogP contribution in [0.25, 0.3) is 22.4 Å². The fourth-order valence-electron chi connectivity index (χ4n) is 2.53. The van der Waals surface area contributed by atoms with Crippen molar-refractivity contribution in [2.24, 2.45) is 5.92 Å². The summed E-state index contributed by atoms with van der Waals surface area (Å²) in [4.78, 5) is 12.7. The largest absolute Gasteiger partial charge is 0.414 e. The summed E-state index contributed by atoms with van der Waals surface area (Å²) >= 11 is 2.06. The van der Waals surface area contributed by atoms with E-state index in [4.69, 9.17) is 5.11 Å². The molecule has 0 aliphatic rings. The number of nitrogens with one attached hydrogen (secondary N) is 1. The Bertz CT molecular complexity index is 1040. The van der Waals surface area contributed by atoms with E-state index in [1.807, 2.05) is 13.8 Å². The Morgan fingerprint density at radius 3 is 2.35 bits per heavy atom. The number of alkyl halides is 3. The van der Waals surface area contributed by atoms with Gasteiger partial charge in [-0.15, -0.1) is 0 Å². The molecule has 34 heavy (non-hydrogen) atoms. The Morgan fingerprint density at radius 2 is 1.79 bits per heavy atom. The number of halogens is 5. The molecule has 6 nitrogen and oxygen atoms in total. The summed E-state index contributed by atoms with van der Waals surface area (Å²) in [6, 6.07) is 1.33. The molecule has 2 N–H and O–H groups in total. The third-order valence-electron chi connectivity index (χ3n) is 3.95. The van der Waals surface area contributed by atoms with E-state index in [0.717, 1.165) is 12.1 Å². The number of anilines is 1. The summed E-state index contributed by atoms with van der Waals surface area (Å²) in [5.74, 6) is 0.953. The van der Waals surface area contributed by atoms with Crippen molar-refractivity contribution in [2.45, 2.75) is 60.2 Å². The number of aliphatic hydroxyl groups is 1. The van der Waals surface area contributed by atoms with Gasteiger partial charge in [0.05, 0.1) is 6.20 Å². The first-order valence-electron chi connectivity index (χ1n) is 10.7. The standard InChI is InChI=1S/C16H14F4IN5OS.C4H10.C2H6/c1-8-5-23-14(25-13(8)22-3-2-12(27)16(18,19)20)11-7-26(28-21)15-10(11)4-9(17)6-24-15;1-4(2)3;1-2/h4-7,12,27H,2-3H2,1H3,(H,22,23,25);4H,1-3H3;1-2H3. The fraction of sp³-hybridized carbons (Fsp3) is 0.500. The van der Waals surface area contributed by atoms with E-state index in [0.29, 0.717) is 28.0 Å². The van der Waals surface area contributed by atoms with E-state index < -0.39 is 24.5 Å². The molecular weight excluding hydrogens is 585 g/mol. The number of aromatic nitrogens is 4. The van der Waals surface area contributed by atoms with E-state index in [-0.39, 0.29) is 12.4 Å². The molecule has 3 rings (SSSR count). The van der Waals surface area contributed by atoms with Crippen LogP contribution in [0.2, 0.25) is 0 Å². The van der Waals surface area contributed by atoms with Crippen LogP contribution in [0.4, 0.5) is 23.4 Å². The molecule has 12 heteroatoms. The van der Waals surface area contributed by atoms with E-state index in [1.165, 1.54) is 21.4 Å². The van der Waals surface area contributed by atoms with Crippen LogP contribution in [0.1, 0.15) is 46.6 Å². The van der Waals surface area contributed by atoms with Crippen LogP contribution in [0.15, 0.2) is 24.7 Å². The second-order valence-electron chi connectivity index (χ2n) is 7.69. The monoisotopic (exact) mass is 615 g/mol. The van der Waals surface area contributed by atoms with Crippen molar-refractivity contribution in [1.29, 1.82) is 0 Å². The lowest BCUT2D eigenvalue weighted by Gasteiger charge is -2.15. The normalized spacial score (nSPS) is 12.0. The summed E-state index contributed by atoms with van der Waals surface area (Å²) in [6.45, 7) is 12.1. The summed E-state index contributed by atoms with van der Waals surface area (Å²) in [6.07, 6.45) is -3.22. The topological polar surface area (TPSA) is 75.9 Å². The van der Waals surface area contributed by atoms with Gasteiger partial charge in [0.15, 0.2) is 17.6 Å². The molecule has 3 heterocycles. The summed E-state index contributed by atoms with van der Waals surface area (Å²) in [5.41, 5.74) is 1.72. The molecule has 0 bridgehead atoms. The number of aryl methyl sites for hydroxylation is 1. The average Bonchev–Trinajstić information content (AvgIpc) is 3.13. The zero-order chi connectivity index (χ0) is 26.1. The number of nitrogens with zero attached hydrogens (tertiary/aromatic N) is 4. The van der Waals surface area contributed by atoms with Gasteiger partial charge in [-0.2, -0.15) is 13.2 Å². The van der Waals surface area contributed by atoms with Gasteiger partial charge >= 0.3 is 6.18 Å². The van der Waals surface area contributed by atoms with Crippen LogP contribution < -0.4 is 5.32 Å². The first kappa shape index (κ1) is 30.4. The molecule has 3 aromatic rings. The minimum atomic E-state index is -4.66. The molecule has 190 valence electrons. The summed E-state index contributed by atoms with van der Waals surface area (Å²) in [5, 5.41) is 12.4. The maximum atomic E-state index is 13.7. The smallest absolute Gasteiger partial charge is 0.384 e. The molecule has 0 aromatic carbocycles. The fourth-order valence-corrected chi connectivity index (χ4v) is 3.78. The molecule has 1 atom stereocenters. The number of fused-ring (bicyclic) bond motifs is 1. The Hall–Kier alpha value is -1.67. The van der Waals surface area contributed by atoms with Crippen LogP contribution in [0.5, 0.6) is 0 Å². The third-order valence-corrected chi connectivity index (χ3v) is 5.65. The number of aliphatic hydroxyl groups excluding tert-OH is 1. The minimum absolute atomic E-state index is 0.125. The molecule has 0 saturated heterocycles. The third kappa shape index (κ3) is 8.84. The lowest BCUT2D eigenvalue weighted by atomic mass is 10.2. The molecule has 0 aliphatic heterocycles. The molecule has 1 unspecified atom stereocenters. The second-order valence-corrected chi connectivity index (χ2v) is 9.41. The molecule has 0 spiro atoms. The van der Waals surface area contributed by atoms with Gasteiger partial charge in [-0.3, -0.25) is 3.97 Å². The van der Waals surface area contributed by atoms with Gasteiger partial charge in [-0.25, -0.2) is 19.3 Å². The van der Waals surface area contributed by atoms with Gasteiger partial charge in [-0.05, 0) is 25.3 Å². The molecule has 0 fully saturated rings. The highest BCUT2D eigenvalue weighted by Crippen LogP contribution is 2.33. The second kappa shape index (κ2) is 14.0. The highest BCUT2D eigenvalue weighted by atomic mass is 127. The quantitative estimate of drug-likeness (QED) is 0.226. The van der Waals surface area contributed by atoms with Crippen LogP contribution in [-0.2, 0) is 0 Å². The van der Waals surface area contributed by atoms with Crippen LogP contribution in [-0.4, -0.2) is 42.9 Å². The van der Waals surface area contributed by atoms with Crippen molar-refractivity contribution in [3.05, 3.63) is 36.0 Å². The molecule has 0 amide bonds. The number of hydrogen-bond donors (Lipinski definition) is 2. The van der Waals surface area contributed by atoms with Gasteiger partial charge in [0.1, 0.15) is 11.6 Å². The predicted octanol–water partition coefficient (Wildman–Crippen LogP) is 7.20. The molecule has 3 aromatic heterocycles. The highest BCUT2D eigenvalue weighted by molar-refractivity contribution is 14.2. The highest BCUT2D eigenvalue weighted by Gasteiger charge is 2.37. The van der Waals surface area contributed by atoms with Crippen LogP contribution >= 0.6 is 30.3 Å². The van der Waals surface area contributed by atoms with Crippen molar-refractivity contribution >= 4 is 47.2 Å². The number of hydrogen-bond acceptors (Lipinski definition) is 6. The average molecular weight is 615 g/mol. The van der Waals surface area contributed by atoms with E-state index in [2.05, 4.69) is 62.2 Å². The van der Waals surface area contributed by atoms with Gasteiger partial charge in [0.2, 0.25) is 0 Å². The predicted molar refractivity (Wildman–Crippen MR) is 139 cm³/mol. The van der Waals surface area contributed by atoms with Gasteiger partial charge < -0.3 is 10.4 Å². The zero-order valence-electron chi connectivity index (χ0n) is 19.9. The molecule has 0 aliphatic carbocycles. The SMILES string of the molecule is CC.CC(C)C.Cc1cnc(-c2cn(SI)c3ncc(F)cc23)nc1NCCC(O)C(F)(F)F. The Balaban J connectivity index is 0.000000872. The lowest BCUT2D eigenvalue weighted by Crippen LogP contribution is -2.30. The maximum Gasteiger partial charge on any atom is 0.414 e. The number of pyridine rings is 1. The Kier molecular flexibility index (Phi) is 12.5. The first-order chi connectivity index (χ1) is 15.9. The van der Waals surface area contributed by atoms with E-state index in [9.17, 15) is 17.6 Å². The molecule has 0 saturated carbocycles. The van der Waals surface area contributed by atoms with E-state index >= 15 is 0 Å². The van der Waals surface area contributed by atoms with Crippen molar-refractivity contribution in [3.63, 3.8) is 0 Å². The van der Waals surface area contributed by atoms with Gasteiger partial charge in [0.25, 0.3) is 0 Å². The van der Waals surface area contributed by atoms with Crippen LogP contribution in [0, 0.1) is 18.7 Å². The van der Waals surface area contributed by atoms with Crippen molar-refractivity contribution in [3.8, 4) is 11.4 Å². The Morgan fingerprint density at radius 1 is 1.18 bits per heavy atom. The first-order valence-corrected chi connectivity index (χ1v) is 14.0. The van der Waals surface area contributed by atoms with Crippen molar-refractivity contribution < 1.29 is 22.7 Å². The summed E-state index contributed by atoms with van der Waals surface area (Å²) in [7, 11) is 1.34. The van der Waals surface area contributed by atoms with E-state index in [1.54, 1.807) is 17.1 Å². The lowest BCUT2D eigenvalue weighted by molar-refractivity contribution is -0.204. The van der Waals surface area contributed by atoms with Gasteiger partial charge in [-0.1, -0.05) is 34.6 Å². The van der Waals surface area contributed by atoms with Crippen molar-refractivity contribution in [2.75, 3.05) is 11.9 Å². The van der Waals surface area contributed by atoms with Crippen molar-refractivity contribution in [1.82, 2.24) is 18.9 Å². The zero-order valence-corrected chi connectivity index (χ0v) is 22.9. The van der Waals surface area contributed by atoms with Crippen LogP contribution in [0.3, 0.4) is 0 Å². The maximum absolute atomic E-state index is 13.7. The minimum Gasteiger partial charge on any atom is -0.384 e.